The van der Waals surface area contributed by atoms with Crippen LogP contribution in [0.2, 0.25) is 0 Å². The SMILES string of the molecule is Cc1cc(-c2noc(C(C)N3CCCC(C(C)O)C3)n2)ccc1F. The Morgan fingerprint density at radius 3 is 2.88 bits per heavy atom. The number of piperidine rings is 1. The molecule has 1 N–H and O–H groups in total. The monoisotopic (exact) mass is 333 g/mol. The van der Waals surface area contributed by atoms with Crippen LogP contribution in [0, 0.1) is 18.7 Å². The Morgan fingerprint density at radius 1 is 1.38 bits per heavy atom. The van der Waals surface area contributed by atoms with Crippen molar-refractivity contribution in [2.24, 2.45) is 5.92 Å². The van der Waals surface area contributed by atoms with Gasteiger partial charge in [0.05, 0.1) is 12.1 Å². The van der Waals surface area contributed by atoms with Crippen LogP contribution in [0.4, 0.5) is 4.39 Å². The van der Waals surface area contributed by atoms with E-state index in [1.165, 1.54) is 6.07 Å². The second-order valence-electron chi connectivity index (χ2n) is 6.73. The summed E-state index contributed by atoms with van der Waals surface area (Å²) < 4.78 is 18.8. The molecule has 2 aromatic rings. The van der Waals surface area contributed by atoms with Crippen molar-refractivity contribution in [3.63, 3.8) is 0 Å². The molecule has 130 valence electrons. The lowest BCUT2D eigenvalue weighted by Crippen LogP contribution is -2.40. The minimum atomic E-state index is -0.305. The van der Waals surface area contributed by atoms with E-state index in [9.17, 15) is 9.50 Å². The Morgan fingerprint density at radius 2 is 2.17 bits per heavy atom. The van der Waals surface area contributed by atoms with E-state index in [2.05, 4.69) is 15.0 Å². The quantitative estimate of drug-likeness (QED) is 0.930. The number of benzene rings is 1. The number of rotatable bonds is 4. The summed E-state index contributed by atoms with van der Waals surface area (Å²) in [5.41, 5.74) is 1.30. The van der Waals surface area contributed by atoms with Crippen LogP contribution in [0.5, 0.6) is 0 Å². The molecule has 1 aromatic carbocycles. The lowest BCUT2D eigenvalue weighted by atomic mass is 9.92. The predicted octanol–water partition coefficient (Wildman–Crippen LogP) is 3.34. The normalized spacial score (nSPS) is 21.6. The Labute approximate surface area is 141 Å². The van der Waals surface area contributed by atoms with E-state index in [1.54, 1.807) is 19.1 Å². The molecular weight excluding hydrogens is 309 g/mol. The molecule has 0 radical (unpaired) electrons. The predicted molar refractivity (Wildman–Crippen MR) is 88.8 cm³/mol. The van der Waals surface area contributed by atoms with Gasteiger partial charge < -0.3 is 9.63 Å². The van der Waals surface area contributed by atoms with Gasteiger partial charge in [-0.2, -0.15) is 4.98 Å². The van der Waals surface area contributed by atoms with E-state index >= 15 is 0 Å². The number of hydrogen-bond donors (Lipinski definition) is 1. The Kier molecular flexibility index (Phi) is 4.96. The van der Waals surface area contributed by atoms with Gasteiger partial charge in [0.1, 0.15) is 5.82 Å². The maximum Gasteiger partial charge on any atom is 0.244 e. The fourth-order valence-electron chi connectivity index (χ4n) is 3.25. The molecular formula is C18H24FN3O2. The zero-order valence-corrected chi connectivity index (χ0v) is 14.4. The summed E-state index contributed by atoms with van der Waals surface area (Å²) in [7, 11) is 0. The summed E-state index contributed by atoms with van der Waals surface area (Å²) in [4.78, 5) is 6.76. The van der Waals surface area contributed by atoms with Crippen LogP contribution in [-0.4, -0.2) is 39.3 Å². The van der Waals surface area contributed by atoms with E-state index < -0.39 is 0 Å². The molecule has 3 unspecified atom stereocenters. The molecule has 1 aromatic heterocycles. The number of likely N-dealkylation sites (tertiary alicyclic amines) is 1. The lowest BCUT2D eigenvalue weighted by Gasteiger charge is -2.36. The largest absolute Gasteiger partial charge is 0.393 e. The fraction of sp³-hybridized carbons (Fsp3) is 0.556. The summed E-state index contributed by atoms with van der Waals surface area (Å²) in [6.45, 7) is 7.38. The van der Waals surface area contributed by atoms with Crippen molar-refractivity contribution in [3.8, 4) is 11.4 Å². The van der Waals surface area contributed by atoms with E-state index in [-0.39, 0.29) is 23.9 Å². The van der Waals surface area contributed by atoms with E-state index in [1.807, 2.05) is 13.8 Å². The molecule has 24 heavy (non-hydrogen) atoms. The summed E-state index contributed by atoms with van der Waals surface area (Å²) in [5, 5.41) is 13.9. The van der Waals surface area contributed by atoms with Crippen LogP contribution in [0.3, 0.4) is 0 Å². The van der Waals surface area contributed by atoms with Gasteiger partial charge >= 0.3 is 0 Å². The van der Waals surface area contributed by atoms with Gasteiger partial charge in [0.25, 0.3) is 0 Å². The Bertz CT molecular complexity index is 701. The van der Waals surface area contributed by atoms with Gasteiger partial charge in [-0.05, 0) is 69.8 Å². The minimum Gasteiger partial charge on any atom is -0.393 e. The number of aromatic nitrogens is 2. The highest BCUT2D eigenvalue weighted by Crippen LogP contribution is 2.28. The first-order valence-electron chi connectivity index (χ1n) is 8.48. The number of nitrogens with zero attached hydrogens (tertiary/aromatic N) is 3. The molecule has 2 heterocycles. The average Bonchev–Trinajstić information content (AvgIpc) is 3.06. The van der Waals surface area contributed by atoms with Crippen molar-refractivity contribution in [2.75, 3.05) is 13.1 Å². The highest BCUT2D eigenvalue weighted by Gasteiger charge is 2.29. The second-order valence-corrected chi connectivity index (χ2v) is 6.73. The van der Waals surface area contributed by atoms with E-state index in [4.69, 9.17) is 4.52 Å². The molecule has 1 aliphatic rings. The van der Waals surface area contributed by atoms with Crippen LogP contribution in [0.15, 0.2) is 22.7 Å². The van der Waals surface area contributed by atoms with Crippen LogP contribution in [0.1, 0.15) is 44.2 Å². The Hall–Kier alpha value is -1.79. The smallest absolute Gasteiger partial charge is 0.244 e. The maximum absolute atomic E-state index is 13.4. The third-order valence-electron chi connectivity index (χ3n) is 4.93. The maximum atomic E-state index is 13.4. The highest BCUT2D eigenvalue weighted by molar-refractivity contribution is 5.55. The molecule has 3 atom stereocenters. The number of aryl methyl sites for hydroxylation is 1. The average molecular weight is 333 g/mol. The molecule has 0 aliphatic carbocycles. The fourth-order valence-corrected chi connectivity index (χ4v) is 3.25. The summed E-state index contributed by atoms with van der Waals surface area (Å²) in [6.07, 6.45) is 1.79. The van der Waals surface area contributed by atoms with Crippen molar-refractivity contribution in [1.82, 2.24) is 15.0 Å². The third kappa shape index (κ3) is 3.49. The van der Waals surface area contributed by atoms with Gasteiger partial charge in [0.2, 0.25) is 11.7 Å². The number of halogens is 1. The van der Waals surface area contributed by atoms with Crippen LogP contribution < -0.4 is 0 Å². The standard InChI is InChI=1S/C18H24FN3O2/c1-11-9-14(6-7-16(11)19)17-20-18(24-21-17)12(2)22-8-4-5-15(10-22)13(3)23/h6-7,9,12-13,15,23H,4-5,8,10H2,1-3H3. The van der Waals surface area contributed by atoms with E-state index in [0.29, 0.717) is 17.3 Å². The topological polar surface area (TPSA) is 62.4 Å². The molecule has 1 aliphatic heterocycles. The zero-order valence-electron chi connectivity index (χ0n) is 14.4. The van der Waals surface area contributed by atoms with E-state index in [0.717, 1.165) is 31.5 Å². The van der Waals surface area contributed by atoms with Gasteiger partial charge in [0, 0.05) is 12.1 Å². The number of hydrogen-bond acceptors (Lipinski definition) is 5. The summed E-state index contributed by atoms with van der Waals surface area (Å²) >= 11 is 0. The molecule has 0 amide bonds. The van der Waals surface area contributed by atoms with Crippen molar-refractivity contribution < 1.29 is 14.0 Å². The van der Waals surface area contributed by atoms with Gasteiger partial charge in [-0.25, -0.2) is 4.39 Å². The van der Waals surface area contributed by atoms with Crippen molar-refractivity contribution in [1.29, 1.82) is 0 Å². The molecule has 0 saturated carbocycles. The Balaban J connectivity index is 1.76. The van der Waals surface area contributed by atoms with Gasteiger partial charge in [0.15, 0.2) is 0 Å². The van der Waals surface area contributed by atoms with Crippen LogP contribution in [0.25, 0.3) is 11.4 Å². The first kappa shape index (κ1) is 17.0. The van der Waals surface area contributed by atoms with Crippen LogP contribution in [-0.2, 0) is 0 Å². The van der Waals surface area contributed by atoms with Crippen molar-refractivity contribution in [2.45, 2.75) is 45.8 Å². The van der Waals surface area contributed by atoms with Crippen molar-refractivity contribution in [3.05, 3.63) is 35.5 Å². The first-order chi connectivity index (χ1) is 11.5. The minimum absolute atomic E-state index is 0.00524. The van der Waals surface area contributed by atoms with Gasteiger partial charge in [-0.15, -0.1) is 0 Å². The van der Waals surface area contributed by atoms with Crippen molar-refractivity contribution >= 4 is 0 Å². The molecule has 1 fully saturated rings. The van der Waals surface area contributed by atoms with Crippen LogP contribution >= 0.6 is 0 Å². The van der Waals surface area contributed by atoms with Gasteiger partial charge in [-0.3, -0.25) is 4.90 Å². The molecule has 3 rings (SSSR count). The third-order valence-corrected chi connectivity index (χ3v) is 4.93. The number of aliphatic hydroxyl groups excluding tert-OH is 1. The molecule has 5 nitrogen and oxygen atoms in total. The molecule has 0 bridgehead atoms. The van der Waals surface area contributed by atoms with Gasteiger partial charge in [-0.1, -0.05) is 5.16 Å². The molecule has 0 spiro atoms. The summed E-state index contributed by atoms with van der Waals surface area (Å²) in [6, 6.07) is 4.79. The zero-order chi connectivity index (χ0) is 17.3. The lowest BCUT2D eigenvalue weighted by molar-refractivity contribution is 0.0403. The second kappa shape index (κ2) is 6.99. The molecule has 6 heteroatoms. The molecule has 1 saturated heterocycles. The summed E-state index contributed by atoms with van der Waals surface area (Å²) in [5.74, 6) is 1.07. The number of aliphatic hydroxyl groups is 1. The first-order valence-corrected chi connectivity index (χ1v) is 8.48. The highest BCUT2D eigenvalue weighted by atomic mass is 19.1.